The lowest BCUT2D eigenvalue weighted by Crippen LogP contribution is -2.85. The highest BCUT2D eigenvalue weighted by Gasteiger charge is 2.74. The minimum Gasteiger partial charge on any atom is -0.471 e. The maximum atomic E-state index is 12.3. The van der Waals surface area contributed by atoms with E-state index in [9.17, 15) is 19.8 Å². The lowest BCUT2D eigenvalue weighted by Gasteiger charge is -2.55. The number of rotatable bonds is 10. The smallest absolute Gasteiger partial charge is 0.439 e. The maximum absolute atomic E-state index is 12.3. The van der Waals surface area contributed by atoms with Crippen molar-refractivity contribution < 1.29 is 28.8 Å². The van der Waals surface area contributed by atoms with Crippen LogP contribution in [0.3, 0.4) is 0 Å². The summed E-state index contributed by atoms with van der Waals surface area (Å²) in [6.07, 6.45) is 0. The van der Waals surface area contributed by atoms with Gasteiger partial charge in [0.1, 0.15) is 0 Å². The van der Waals surface area contributed by atoms with Gasteiger partial charge < -0.3 is 10.2 Å². The second-order valence-electron chi connectivity index (χ2n) is 5.47. The van der Waals surface area contributed by atoms with E-state index < -0.39 is 17.6 Å². The predicted octanol–water partition coefficient (Wildman–Crippen LogP) is 1.60. The molecule has 0 saturated carbocycles. The zero-order chi connectivity index (χ0) is 16.9. The van der Waals surface area contributed by atoms with E-state index in [1.54, 1.807) is 0 Å². The SMILES string of the molecule is CC[N+](CC)(CC)C(C(=O)O)(C(=O)O)[N+](CC)(CC)CC. The van der Waals surface area contributed by atoms with Crippen molar-refractivity contribution in [3.05, 3.63) is 0 Å². The van der Waals surface area contributed by atoms with Crippen LogP contribution in [0, 0.1) is 0 Å². The second-order valence-corrected chi connectivity index (χ2v) is 5.47. The van der Waals surface area contributed by atoms with Gasteiger partial charge in [-0.05, 0) is 41.5 Å². The Kier molecular flexibility index (Phi) is 6.83. The molecular weight excluding hydrogens is 272 g/mol. The first-order valence-electron chi connectivity index (χ1n) is 7.94. The molecule has 0 fully saturated rings. The molecule has 0 rings (SSSR count). The third-order valence-electron chi connectivity index (χ3n) is 5.60. The van der Waals surface area contributed by atoms with Gasteiger partial charge in [0.2, 0.25) is 0 Å². The van der Waals surface area contributed by atoms with Crippen molar-refractivity contribution in [2.75, 3.05) is 39.3 Å². The molecule has 0 amide bonds. The van der Waals surface area contributed by atoms with Crippen molar-refractivity contribution in [2.24, 2.45) is 0 Å². The maximum Gasteiger partial charge on any atom is 0.439 e. The normalized spacial score (nSPS) is 13.2. The van der Waals surface area contributed by atoms with Gasteiger partial charge in [-0.15, -0.1) is 0 Å². The molecular formula is C15H32N2O4+2. The third-order valence-corrected chi connectivity index (χ3v) is 5.60. The molecule has 0 unspecified atom stereocenters. The van der Waals surface area contributed by atoms with Crippen molar-refractivity contribution in [2.45, 2.75) is 47.2 Å². The van der Waals surface area contributed by atoms with E-state index in [0.29, 0.717) is 39.3 Å². The van der Waals surface area contributed by atoms with Crippen LogP contribution in [0.1, 0.15) is 41.5 Å². The van der Waals surface area contributed by atoms with E-state index in [1.807, 2.05) is 41.5 Å². The van der Waals surface area contributed by atoms with Crippen LogP contribution in [-0.2, 0) is 9.59 Å². The van der Waals surface area contributed by atoms with Gasteiger partial charge >= 0.3 is 17.6 Å². The summed E-state index contributed by atoms with van der Waals surface area (Å²) in [6.45, 7) is 14.1. The molecule has 0 atom stereocenters. The Morgan fingerprint density at radius 3 is 0.952 bits per heavy atom. The van der Waals surface area contributed by atoms with Crippen LogP contribution in [0.2, 0.25) is 0 Å². The zero-order valence-corrected chi connectivity index (χ0v) is 14.3. The highest BCUT2D eigenvalue weighted by atomic mass is 16.4. The van der Waals surface area contributed by atoms with E-state index in [-0.39, 0.29) is 8.97 Å². The molecule has 0 aliphatic rings. The molecule has 0 radical (unpaired) electrons. The summed E-state index contributed by atoms with van der Waals surface area (Å²) in [4.78, 5) is 24.6. The Morgan fingerprint density at radius 1 is 0.667 bits per heavy atom. The number of carboxylic acids is 2. The molecule has 0 aromatic heterocycles. The molecule has 0 aliphatic carbocycles. The lowest BCUT2D eigenvalue weighted by molar-refractivity contribution is -1.14. The molecule has 0 aromatic carbocycles. The van der Waals surface area contributed by atoms with E-state index in [2.05, 4.69) is 0 Å². The molecule has 0 spiro atoms. The van der Waals surface area contributed by atoms with Crippen molar-refractivity contribution in [3.63, 3.8) is 0 Å². The van der Waals surface area contributed by atoms with Crippen molar-refractivity contribution >= 4 is 11.9 Å². The van der Waals surface area contributed by atoms with Crippen molar-refractivity contribution in [3.8, 4) is 0 Å². The minimum absolute atomic E-state index is 0.0488. The molecule has 0 heterocycles. The Balaban J connectivity index is 6.79. The Labute approximate surface area is 128 Å². The first-order valence-corrected chi connectivity index (χ1v) is 7.94. The van der Waals surface area contributed by atoms with Crippen molar-refractivity contribution in [1.82, 2.24) is 0 Å². The largest absolute Gasteiger partial charge is 0.471 e. The van der Waals surface area contributed by atoms with Gasteiger partial charge in [0, 0.05) is 0 Å². The fourth-order valence-electron chi connectivity index (χ4n) is 4.07. The minimum atomic E-state index is -1.86. The Morgan fingerprint density at radius 2 is 0.857 bits per heavy atom. The molecule has 21 heavy (non-hydrogen) atoms. The second kappa shape index (κ2) is 7.22. The zero-order valence-electron chi connectivity index (χ0n) is 14.3. The Hall–Kier alpha value is -1.14. The fourth-order valence-corrected chi connectivity index (χ4v) is 4.07. The summed E-state index contributed by atoms with van der Waals surface area (Å²) in [5, 5.41) is 20.1. The monoisotopic (exact) mass is 304 g/mol. The van der Waals surface area contributed by atoms with Gasteiger partial charge in [-0.25, -0.2) is 9.59 Å². The van der Waals surface area contributed by atoms with Gasteiger partial charge in [-0.1, -0.05) is 0 Å². The number of aliphatic carboxylic acids is 2. The van der Waals surface area contributed by atoms with Crippen LogP contribution in [-0.4, -0.2) is 76.0 Å². The summed E-state index contributed by atoms with van der Waals surface area (Å²) in [5.41, 5.74) is -1.86. The van der Waals surface area contributed by atoms with Gasteiger partial charge in [0.05, 0.1) is 39.3 Å². The first-order chi connectivity index (χ1) is 9.75. The number of hydrogen-bond acceptors (Lipinski definition) is 2. The van der Waals surface area contributed by atoms with E-state index >= 15 is 0 Å². The van der Waals surface area contributed by atoms with Gasteiger partial charge in [0.25, 0.3) is 0 Å². The van der Waals surface area contributed by atoms with Crippen LogP contribution in [0.4, 0.5) is 0 Å². The summed E-state index contributed by atoms with van der Waals surface area (Å²) in [6, 6.07) is 0. The molecule has 0 aliphatic heterocycles. The molecule has 124 valence electrons. The molecule has 0 bridgehead atoms. The highest BCUT2D eigenvalue weighted by Crippen LogP contribution is 2.36. The number of carboxylic acid groups (broad SMARTS) is 2. The number of hydrogen-bond donors (Lipinski definition) is 2. The van der Waals surface area contributed by atoms with Crippen LogP contribution in [0.5, 0.6) is 0 Å². The van der Waals surface area contributed by atoms with Crippen LogP contribution in [0.15, 0.2) is 0 Å². The topological polar surface area (TPSA) is 74.6 Å². The molecule has 6 nitrogen and oxygen atoms in total. The number of quaternary nitrogens is 2. The standard InChI is InChI=1S/C15H30N2O4/c1-7-16(8-2,9-3)15(13(18)19,14(20)21)17(10-4,11-5)12-6/h7-12H2,1-6H3/p+2. The van der Waals surface area contributed by atoms with Gasteiger partial charge in [-0.2, -0.15) is 0 Å². The quantitative estimate of drug-likeness (QED) is 0.365. The summed E-state index contributed by atoms with van der Waals surface area (Å²) in [7, 11) is 0. The average molecular weight is 304 g/mol. The number of likely N-dealkylation sites (N-methyl/N-ethyl adjacent to an activating group) is 2. The molecule has 0 saturated heterocycles. The summed E-state index contributed by atoms with van der Waals surface area (Å²) >= 11 is 0. The summed E-state index contributed by atoms with van der Waals surface area (Å²) < 4.78 is 0.0976. The van der Waals surface area contributed by atoms with E-state index in [1.165, 1.54) is 0 Å². The summed E-state index contributed by atoms with van der Waals surface area (Å²) in [5.74, 6) is -2.46. The molecule has 2 N–H and O–H groups in total. The lowest BCUT2D eigenvalue weighted by atomic mass is 9.96. The fraction of sp³-hybridized carbons (Fsp3) is 0.867. The van der Waals surface area contributed by atoms with Crippen molar-refractivity contribution in [1.29, 1.82) is 0 Å². The molecule has 6 heteroatoms. The van der Waals surface area contributed by atoms with E-state index in [4.69, 9.17) is 0 Å². The number of carbonyl (C=O) groups is 2. The van der Waals surface area contributed by atoms with E-state index in [0.717, 1.165) is 0 Å². The van der Waals surface area contributed by atoms with Gasteiger partial charge in [0.15, 0.2) is 0 Å². The third kappa shape index (κ3) is 2.44. The number of nitrogens with zero attached hydrogens (tertiary/aromatic N) is 2. The van der Waals surface area contributed by atoms with Gasteiger partial charge in [-0.3, -0.25) is 8.97 Å². The van der Waals surface area contributed by atoms with Crippen LogP contribution < -0.4 is 0 Å². The highest BCUT2D eigenvalue weighted by molar-refractivity contribution is 5.99. The predicted molar refractivity (Wildman–Crippen MR) is 81.8 cm³/mol. The average Bonchev–Trinajstić information content (AvgIpc) is 2.48. The molecule has 0 aromatic rings. The van der Waals surface area contributed by atoms with Crippen LogP contribution >= 0.6 is 0 Å². The first kappa shape index (κ1) is 19.9. The van der Waals surface area contributed by atoms with Crippen LogP contribution in [0.25, 0.3) is 0 Å². The Bertz CT molecular complexity index is 321.